The Kier molecular flexibility index (Phi) is 4.19. The van der Waals surface area contributed by atoms with Crippen molar-refractivity contribution in [2.24, 2.45) is 0 Å². The highest BCUT2D eigenvalue weighted by Gasteiger charge is 2.50. The summed E-state index contributed by atoms with van der Waals surface area (Å²) in [5.74, 6) is -1.86. The fraction of sp³-hybridized carbons (Fsp3) is 0.400. The molecule has 10 heteroatoms. The molecule has 0 saturated carbocycles. The van der Waals surface area contributed by atoms with Crippen LogP contribution in [0.25, 0.3) is 0 Å². The number of urea groups is 1. The van der Waals surface area contributed by atoms with Crippen LogP contribution in [0.15, 0.2) is 18.2 Å². The third-order valence-electron chi connectivity index (χ3n) is 4.08. The van der Waals surface area contributed by atoms with E-state index in [-0.39, 0.29) is 12.1 Å². The summed E-state index contributed by atoms with van der Waals surface area (Å²) in [6.07, 6.45) is 0.768. The van der Waals surface area contributed by atoms with Crippen molar-refractivity contribution in [3.05, 3.63) is 41.2 Å². The SMILES string of the molecule is CCCn1nnnc1CN1C(=O)NC(C)(c2cc(F)ccc2F)C1=O. The zero-order valence-electron chi connectivity index (χ0n) is 13.7. The summed E-state index contributed by atoms with van der Waals surface area (Å²) < 4.78 is 29.1. The molecule has 1 aliphatic rings. The molecule has 2 heterocycles. The maximum Gasteiger partial charge on any atom is 0.325 e. The molecule has 1 atom stereocenters. The number of rotatable bonds is 5. The fourth-order valence-electron chi connectivity index (χ4n) is 2.77. The number of tetrazole rings is 1. The van der Waals surface area contributed by atoms with E-state index in [1.54, 1.807) is 0 Å². The summed E-state index contributed by atoms with van der Waals surface area (Å²) >= 11 is 0. The highest BCUT2D eigenvalue weighted by atomic mass is 19.1. The molecule has 0 radical (unpaired) electrons. The van der Waals surface area contributed by atoms with Crippen molar-refractivity contribution >= 4 is 11.9 Å². The summed E-state index contributed by atoms with van der Waals surface area (Å²) in [6.45, 7) is 3.63. The number of halogens is 2. The molecule has 1 fully saturated rings. The molecule has 3 rings (SSSR count). The molecule has 8 nitrogen and oxygen atoms in total. The second-order valence-electron chi connectivity index (χ2n) is 5.89. The Hall–Kier alpha value is -2.91. The molecule has 3 amide bonds. The normalized spacial score (nSPS) is 20.2. The predicted octanol–water partition coefficient (Wildman–Crippen LogP) is 1.33. The van der Waals surface area contributed by atoms with Gasteiger partial charge >= 0.3 is 6.03 Å². The van der Waals surface area contributed by atoms with Gasteiger partial charge in [0.2, 0.25) is 0 Å². The standard InChI is InChI=1S/C15H16F2N6O2/c1-3-6-23-12(19-20-21-23)8-22-13(24)15(2,18-14(22)25)10-7-9(16)4-5-11(10)17/h4-5,7H,3,6,8H2,1-2H3,(H,18,25). The van der Waals surface area contributed by atoms with Gasteiger partial charge in [0.25, 0.3) is 5.91 Å². The number of aromatic nitrogens is 4. The zero-order valence-corrected chi connectivity index (χ0v) is 13.7. The van der Waals surface area contributed by atoms with Gasteiger partial charge in [0.05, 0.1) is 6.54 Å². The zero-order chi connectivity index (χ0) is 18.2. The van der Waals surface area contributed by atoms with Crippen LogP contribution in [-0.2, 0) is 23.4 Å². The number of carbonyl (C=O) groups excluding carboxylic acids is 2. The van der Waals surface area contributed by atoms with E-state index in [4.69, 9.17) is 0 Å². The van der Waals surface area contributed by atoms with E-state index >= 15 is 0 Å². The molecule has 1 aliphatic heterocycles. The lowest BCUT2D eigenvalue weighted by Crippen LogP contribution is -2.41. The molecule has 0 spiro atoms. The highest BCUT2D eigenvalue weighted by Crippen LogP contribution is 2.31. The van der Waals surface area contributed by atoms with Crippen molar-refractivity contribution in [1.29, 1.82) is 0 Å². The second kappa shape index (κ2) is 6.19. The minimum Gasteiger partial charge on any atom is -0.319 e. The molecule has 1 N–H and O–H groups in total. The maximum atomic E-state index is 14.1. The van der Waals surface area contributed by atoms with Crippen molar-refractivity contribution in [2.75, 3.05) is 0 Å². The molecule has 0 aliphatic carbocycles. The second-order valence-corrected chi connectivity index (χ2v) is 5.89. The van der Waals surface area contributed by atoms with Crippen LogP contribution in [0.3, 0.4) is 0 Å². The Morgan fingerprint density at radius 2 is 2.04 bits per heavy atom. The van der Waals surface area contributed by atoms with Crippen LogP contribution in [0.4, 0.5) is 13.6 Å². The van der Waals surface area contributed by atoms with Crippen LogP contribution in [0, 0.1) is 11.6 Å². The topological polar surface area (TPSA) is 93.0 Å². The first-order valence-corrected chi connectivity index (χ1v) is 7.71. The summed E-state index contributed by atoms with van der Waals surface area (Å²) in [4.78, 5) is 25.9. The van der Waals surface area contributed by atoms with Gasteiger partial charge in [-0.2, -0.15) is 0 Å². The third kappa shape index (κ3) is 2.83. The Balaban J connectivity index is 1.92. The van der Waals surface area contributed by atoms with Crippen LogP contribution in [0.1, 0.15) is 31.7 Å². The van der Waals surface area contributed by atoms with Crippen LogP contribution >= 0.6 is 0 Å². The van der Waals surface area contributed by atoms with Gasteiger partial charge in [0.15, 0.2) is 5.82 Å². The fourth-order valence-corrected chi connectivity index (χ4v) is 2.77. The molecular weight excluding hydrogens is 334 g/mol. The quantitative estimate of drug-likeness (QED) is 0.821. The Morgan fingerprint density at radius 1 is 1.28 bits per heavy atom. The van der Waals surface area contributed by atoms with Crippen LogP contribution < -0.4 is 5.32 Å². The number of hydrogen-bond donors (Lipinski definition) is 1. The smallest absolute Gasteiger partial charge is 0.319 e. The average Bonchev–Trinajstić information content (AvgIpc) is 3.09. The largest absolute Gasteiger partial charge is 0.325 e. The number of aryl methyl sites for hydroxylation is 1. The first kappa shape index (κ1) is 16.9. The molecule has 1 unspecified atom stereocenters. The number of carbonyl (C=O) groups is 2. The van der Waals surface area contributed by atoms with E-state index in [1.807, 2.05) is 6.92 Å². The van der Waals surface area contributed by atoms with Crippen molar-refractivity contribution in [1.82, 2.24) is 30.4 Å². The Labute approximate surface area is 141 Å². The van der Waals surface area contributed by atoms with E-state index in [0.717, 1.165) is 29.5 Å². The van der Waals surface area contributed by atoms with Crippen LogP contribution in [0.5, 0.6) is 0 Å². The van der Waals surface area contributed by atoms with E-state index in [9.17, 15) is 18.4 Å². The summed E-state index contributed by atoms with van der Waals surface area (Å²) in [7, 11) is 0. The minimum absolute atomic E-state index is 0.163. The van der Waals surface area contributed by atoms with Crippen molar-refractivity contribution in [3.63, 3.8) is 0 Å². The number of benzene rings is 1. The molecule has 2 aromatic rings. The van der Waals surface area contributed by atoms with Gasteiger partial charge in [-0.05, 0) is 42.0 Å². The lowest BCUT2D eigenvalue weighted by molar-refractivity contribution is -0.131. The first-order chi connectivity index (χ1) is 11.9. The summed E-state index contributed by atoms with van der Waals surface area (Å²) in [5, 5.41) is 13.6. The van der Waals surface area contributed by atoms with Crippen LogP contribution in [-0.4, -0.2) is 37.0 Å². The lowest BCUT2D eigenvalue weighted by Gasteiger charge is -2.22. The first-order valence-electron chi connectivity index (χ1n) is 7.71. The van der Waals surface area contributed by atoms with Gasteiger partial charge in [-0.3, -0.25) is 9.69 Å². The monoisotopic (exact) mass is 350 g/mol. The van der Waals surface area contributed by atoms with Gasteiger partial charge in [-0.25, -0.2) is 18.3 Å². The van der Waals surface area contributed by atoms with Crippen LogP contribution in [0.2, 0.25) is 0 Å². The third-order valence-corrected chi connectivity index (χ3v) is 4.08. The highest BCUT2D eigenvalue weighted by molar-refractivity contribution is 6.07. The van der Waals surface area contributed by atoms with Crippen molar-refractivity contribution in [3.8, 4) is 0 Å². The molecule has 1 aromatic heterocycles. The Bertz CT molecular complexity index is 839. The van der Waals surface area contributed by atoms with E-state index in [1.165, 1.54) is 11.6 Å². The number of nitrogens with one attached hydrogen (secondary N) is 1. The molecule has 1 saturated heterocycles. The number of imide groups is 1. The van der Waals surface area contributed by atoms with Crippen molar-refractivity contribution < 1.29 is 18.4 Å². The Morgan fingerprint density at radius 3 is 2.76 bits per heavy atom. The molecule has 25 heavy (non-hydrogen) atoms. The number of hydrogen-bond acceptors (Lipinski definition) is 5. The number of nitrogens with zero attached hydrogens (tertiary/aromatic N) is 5. The maximum absolute atomic E-state index is 14.1. The molecular formula is C15H16F2N6O2. The summed E-state index contributed by atoms with van der Waals surface area (Å²) in [5.41, 5.74) is -1.94. The van der Waals surface area contributed by atoms with Gasteiger partial charge in [-0.1, -0.05) is 6.92 Å². The predicted molar refractivity (Wildman–Crippen MR) is 80.9 cm³/mol. The molecule has 132 valence electrons. The van der Waals surface area contributed by atoms with Gasteiger partial charge in [0, 0.05) is 12.1 Å². The van der Waals surface area contributed by atoms with Gasteiger partial charge in [-0.15, -0.1) is 5.10 Å². The summed E-state index contributed by atoms with van der Waals surface area (Å²) in [6, 6.07) is 2.04. The van der Waals surface area contributed by atoms with Gasteiger partial charge in [0.1, 0.15) is 17.2 Å². The average molecular weight is 350 g/mol. The van der Waals surface area contributed by atoms with E-state index in [0.29, 0.717) is 12.4 Å². The van der Waals surface area contributed by atoms with E-state index in [2.05, 4.69) is 20.8 Å². The van der Waals surface area contributed by atoms with Gasteiger partial charge < -0.3 is 5.32 Å². The molecule has 1 aromatic carbocycles. The van der Waals surface area contributed by atoms with E-state index < -0.39 is 29.1 Å². The van der Waals surface area contributed by atoms with Crippen molar-refractivity contribution in [2.45, 2.75) is 38.9 Å². The molecule has 0 bridgehead atoms. The minimum atomic E-state index is -1.70. The number of amides is 3. The lowest BCUT2D eigenvalue weighted by atomic mass is 9.91.